The summed E-state index contributed by atoms with van der Waals surface area (Å²) in [7, 11) is 0. The third kappa shape index (κ3) is 1.54. The lowest BCUT2D eigenvalue weighted by Crippen LogP contribution is -2.29. The van der Waals surface area contributed by atoms with Gasteiger partial charge in [-0.25, -0.2) is 0 Å². The van der Waals surface area contributed by atoms with Crippen molar-refractivity contribution < 1.29 is 19.1 Å². The van der Waals surface area contributed by atoms with Gasteiger partial charge >= 0.3 is 11.9 Å². The van der Waals surface area contributed by atoms with Crippen molar-refractivity contribution in [1.82, 2.24) is 4.57 Å². The Morgan fingerprint density at radius 1 is 1.14 bits per heavy atom. The second-order valence-electron chi connectivity index (χ2n) is 5.66. The molecular formula is C16H13NO4. The number of cyclic esters (lactones) is 2. The summed E-state index contributed by atoms with van der Waals surface area (Å²) in [6.45, 7) is 1.51. The molecule has 2 heterocycles. The summed E-state index contributed by atoms with van der Waals surface area (Å²) in [6, 6.07) is 7.64. The zero-order valence-corrected chi connectivity index (χ0v) is 11.5. The lowest BCUT2D eigenvalue weighted by molar-refractivity contribution is -0.153. The standard InChI is InChI=1S/C16H13NO4/c1-8(18)17-13-5-3-2-4-9(13)10-6-11-12(7-14(10)17)16(20)21-15(11)19/h2-5,11-12H,6-7H2,1H3/t11-,12+/m0/s1. The van der Waals surface area contributed by atoms with Gasteiger partial charge in [0.1, 0.15) is 0 Å². The number of carbonyl (C=O) groups excluding carboxylic acids is 3. The molecule has 1 aromatic carbocycles. The Balaban J connectivity index is 1.98. The topological polar surface area (TPSA) is 65.4 Å². The molecule has 0 N–H and O–H groups in total. The van der Waals surface area contributed by atoms with Gasteiger partial charge in [-0.1, -0.05) is 18.2 Å². The fraction of sp³-hybridized carbons (Fsp3) is 0.312. The number of hydrogen-bond acceptors (Lipinski definition) is 4. The van der Waals surface area contributed by atoms with Crippen molar-refractivity contribution in [3.63, 3.8) is 0 Å². The van der Waals surface area contributed by atoms with Gasteiger partial charge in [0.15, 0.2) is 0 Å². The molecule has 1 aromatic heterocycles. The number of aromatic nitrogens is 1. The summed E-state index contributed by atoms with van der Waals surface area (Å²) in [5.74, 6) is -1.83. The van der Waals surface area contributed by atoms with Crippen molar-refractivity contribution in [2.45, 2.75) is 19.8 Å². The van der Waals surface area contributed by atoms with Crippen LogP contribution in [-0.4, -0.2) is 22.4 Å². The van der Waals surface area contributed by atoms with Crippen LogP contribution >= 0.6 is 0 Å². The van der Waals surface area contributed by atoms with Gasteiger partial charge in [0.25, 0.3) is 0 Å². The summed E-state index contributed by atoms with van der Waals surface area (Å²) in [5.41, 5.74) is 2.68. The fourth-order valence-electron chi connectivity index (χ4n) is 3.62. The van der Waals surface area contributed by atoms with Crippen molar-refractivity contribution in [3.05, 3.63) is 35.5 Å². The molecule has 0 bridgehead atoms. The molecule has 1 saturated heterocycles. The van der Waals surface area contributed by atoms with E-state index in [1.165, 1.54) is 6.92 Å². The highest BCUT2D eigenvalue weighted by atomic mass is 16.6. The number of benzene rings is 1. The lowest BCUT2D eigenvalue weighted by atomic mass is 9.79. The Morgan fingerprint density at radius 2 is 1.81 bits per heavy atom. The molecule has 1 fully saturated rings. The van der Waals surface area contributed by atoms with E-state index in [0.29, 0.717) is 12.8 Å². The molecule has 0 saturated carbocycles. The first-order valence-electron chi connectivity index (χ1n) is 6.95. The first-order valence-corrected chi connectivity index (χ1v) is 6.95. The van der Waals surface area contributed by atoms with Crippen molar-refractivity contribution in [3.8, 4) is 0 Å². The van der Waals surface area contributed by atoms with Crippen molar-refractivity contribution >= 4 is 28.7 Å². The van der Waals surface area contributed by atoms with E-state index in [1.54, 1.807) is 4.57 Å². The Bertz CT molecular complexity index is 817. The molecular weight excluding hydrogens is 270 g/mol. The molecule has 5 nitrogen and oxygen atoms in total. The smallest absolute Gasteiger partial charge is 0.317 e. The Morgan fingerprint density at radius 3 is 2.52 bits per heavy atom. The average Bonchev–Trinajstić information content (AvgIpc) is 2.92. The summed E-state index contributed by atoms with van der Waals surface area (Å²) < 4.78 is 6.41. The molecule has 2 aliphatic rings. The molecule has 0 amide bonds. The van der Waals surface area contributed by atoms with Gasteiger partial charge in [-0.05, 0) is 18.1 Å². The molecule has 0 spiro atoms. The van der Waals surface area contributed by atoms with E-state index in [2.05, 4.69) is 0 Å². The van der Waals surface area contributed by atoms with Crippen LogP contribution in [0.25, 0.3) is 10.9 Å². The minimum absolute atomic E-state index is 0.0800. The Kier molecular flexibility index (Phi) is 2.37. The quantitative estimate of drug-likeness (QED) is 0.545. The van der Waals surface area contributed by atoms with Crippen molar-refractivity contribution in [2.75, 3.05) is 0 Å². The SMILES string of the molecule is CC(=O)n1c2c(c3ccccc31)C[C@@H]1C(=O)OC(=O)[C@@H]1C2. The molecule has 4 rings (SSSR count). The van der Waals surface area contributed by atoms with Crippen LogP contribution in [0.2, 0.25) is 0 Å². The molecule has 1 aliphatic carbocycles. The summed E-state index contributed by atoms with van der Waals surface area (Å²) in [6.07, 6.45) is 0.851. The third-order valence-electron chi connectivity index (χ3n) is 4.53. The highest BCUT2D eigenvalue weighted by molar-refractivity contribution is 6.00. The number of ether oxygens (including phenoxy) is 1. The van der Waals surface area contributed by atoms with Gasteiger partial charge in [0.05, 0.1) is 17.4 Å². The maximum absolute atomic E-state index is 12.0. The number of nitrogens with zero attached hydrogens (tertiary/aromatic N) is 1. The monoisotopic (exact) mass is 283 g/mol. The largest absolute Gasteiger partial charge is 0.393 e. The van der Waals surface area contributed by atoms with Crippen LogP contribution < -0.4 is 0 Å². The van der Waals surface area contributed by atoms with Gasteiger partial charge in [-0.15, -0.1) is 0 Å². The summed E-state index contributed by atoms with van der Waals surface area (Å²) in [5, 5.41) is 0.980. The second kappa shape index (κ2) is 4.04. The van der Waals surface area contributed by atoms with Crippen LogP contribution in [0.15, 0.2) is 24.3 Å². The highest BCUT2D eigenvalue weighted by Crippen LogP contribution is 2.40. The maximum atomic E-state index is 12.0. The van der Waals surface area contributed by atoms with E-state index in [0.717, 1.165) is 22.2 Å². The van der Waals surface area contributed by atoms with E-state index in [1.807, 2.05) is 24.3 Å². The van der Waals surface area contributed by atoms with E-state index >= 15 is 0 Å². The highest BCUT2D eigenvalue weighted by Gasteiger charge is 2.48. The number of esters is 2. The predicted octanol–water partition coefficient (Wildman–Crippen LogP) is 1.72. The minimum Gasteiger partial charge on any atom is -0.393 e. The zero-order valence-electron chi connectivity index (χ0n) is 11.5. The number of fused-ring (bicyclic) bond motifs is 4. The average molecular weight is 283 g/mol. The first kappa shape index (κ1) is 12.3. The molecule has 1 aliphatic heterocycles. The van der Waals surface area contributed by atoms with Crippen molar-refractivity contribution in [1.29, 1.82) is 0 Å². The van der Waals surface area contributed by atoms with Crippen LogP contribution in [0.1, 0.15) is 23.0 Å². The predicted molar refractivity (Wildman–Crippen MR) is 73.7 cm³/mol. The van der Waals surface area contributed by atoms with Crippen LogP contribution in [0, 0.1) is 11.8 Å². The van der Waals surface area contributed by atoms with Gasteiger partial charge < -0.3 is 4.74 Å². The van der Waals surface area contributed by atoms with Gasteiger partial charge in [0.2, 0.25) is 5.91 Å². The molecule has 106 valence electrons. The van der Waals surface area contributed by atoms with E-state index in [9.17, 15) is 14.4 Å². The molecule has 0 unspecified atom stereocenters. The van der Waals surface area contributed by atoms with Crippen LogP contribution in [0.4, 0.5) is 0 Å². The molecule has 21 heavy (non-hydrogen) atoms. The molecule has 2 atom stereocenters. The van der Waals surface area contributed by atoms with E-state index in [-0.39, 0.29) is 5.91 Å². The summed E-state index contributed by atoms with van der Waals surface area (Å²) in [4.78, 5) is 35.6. The fourth-order valence-corrected chi connectivity index (χ4v) is 3.62. The van der Waals surface area contributed by atoms with Crippen LogP contribution in [0.3, 0.4) is 0 Å². The summed E-state index contributed by atoms with van der Waals surface area (Å²) >= 11 is 0. The van der Waals surface area contributed by atoms with Crippen LogP contribution in [-0.2, 0) is 27.2 Å². The first-order chi connectivity index (χ1) is 10.1. The van der Waals surface area contributed by atoms with E-state index < -0.39 is 23.8 Å². The minimum atomic E-state index is -0.462. The number of rotatable bonds is 0. The molecule has 0 radical (unpaired) electrons. The molecule has 2 aromatic rings. The lowest BCUT2D eigenvalue weighted by Gasteiger charge is -2.21. The third-order valence-corrected chi connectivity index (χ3v) is 4.53. The number of para-hydroxylation sites is 1. The Hall–Kier alpha value is -2.43. The van der Waals surface area contributed by atoms with Gasteiger partial charge in [-0.2, -0.15) is 0 Å². The zero-order chi connectivity index (χ0) is 14.7. The van der Waals surface area contributed by atoms with Gasteiger partial charge in [-0.3, -0.25) is 19.0 Å². The second-order valence-corrected chi connectivity index (χ2v) is 5.66. The molecule has 5 heteroatoms. The Labute approximate surface area is 120 Å². The van der Waals surface area contributed by atoms with Crippen LogP contribution in [0.5, 0.6) is 0 Å². The van der Waals surface area contributed by atoms with Crippen molar-refractivity contribution in [2.24, 2.45) is 11.8 Å². The van der Waals surface area contributed by atoms with E-state index in [4.69, 9.17) is 4.74 Å². The number of carbonyl (C=O) groups is 3. The maximum Gasteiger partial charge on any atom is 0.317 e. The van der Waals surface area contributed by atoms with Gasteiger partial charge in [0, 0.05) is 24.4 Å². The number of hydrogen-bond donors (Lipinski definition) is 0. The normalized spacial score (nSPS) is 23.9.